The van der Waals surface area contributed by atoms with E-state index >= 15 is 0 Å². The number of hydrogen-bond donors (Lipinski definition) is 1. The molecular weight excluding hydrogens is 344 g/mol. The van der Waals surface area contributed by atoms with Crippen molar-refractivity contribution < 1.29 is 14.3 Å². The van der Waals surface area contributed by atoms with Crippen LogP contribution in [0.1, 0.15) is 12.5 Å². The Bertz CT molecular complexity index is 874. The van der Waals surface area contributed by atoms with E-state index < -0.39 is 0 Å². The molecule has 0 aliphatic carbocycles. The highest BCUT2D eigenvalue weighted by atomic mass is 16.5. The standard InChI is InChI=1S/C20H20N4O3/c1-2-27-17-9-7-16(8-10-17)24-12-11-23(20(24)26)14-19(25)22-18-6-4-3-5-15(18)13-21/h3-10H,2,11-12,14H2,1H3,(H,22,25). The van der Waals surface area contributed by atoms with Gasteiger partial charge in [-0.25, -0.2) is 4.79 Å². The Morgan fingerprint density at radius 3 is 2.63 bits per heavy atom. The Morgan fingerprint density at radius 1 is 1.19 bits per heavy atom. The average molecular weight is 364 g/mol. The van der Waals surface area contributed by atoms with E-state index in [0.717, 1.165) is 11.4 Å². The zero-order valence-electron chi connectivity index (χ0n) is 15.0. The second-order valence-corrected chi connectivity index (χ2v) is 5.99. The number of urea groups is 1. The van der Waals surface area contributed by atoms with Gasteiger partial charge in [-0.3, -0.25) is 9.69 Å². The molecule has 0 radical (unpaired) electrons. The van der Waals surface area contributed by atoms with Gasteiger partial charge in [0.15, 0.2) is 0 Å². The van der Waals surface area contributed by atoms with Gasteiger partial charge in [0.2, 0.25) is 5.91 Å². The number of hydrogen-bond acceptors (Lipinski definition) is 4. The van der Waals surface area contributed by atoms with Gasteiger partial charge >= 0.3 is 6.03 Å². The summed E-state index contributed by atoms with van der Waals surface area (Å²) in [5.41, 5.74) is 1.59. The molecule has 1 aliphatic heterocycles. The van der Waals surface area contributed by atoms with E-state index in [0.29, 0.717) is 30.9 Å². The average Bonchev–Trinajstić information content (AvgIpc) is 3.03. The molecule has 2 aromatic carbocycles. The summed E-state index contributed by atoms with van der Waals surface area (Å²) in [6, 6.07) is 15.9. The van der Waals surface area contributed by atoms with Crippen molar-refractivity contribution in [3.8, 4) is 11.8 Å². The Balaban J connectivity index is 1.61. The molecule has 2 aromatic rings. The molecule has 0 bridgehead atoms. The number of benzene rings is 2. The normalized spacial score (nSPS) is 13.4. The number of rotatable bonds is 6. The minimum absolute atomic E-state index is 0.0634. The number of carbonyl (C=O) groups excluding carboxylic acids is 2. The van der Waals surface area contributed by atoms with E-state index in [1.165, 1.54) is 4.90 Å². The molecule has 0 aromatic heterocycles. The lowest BCUT2D eigenvalue weighted by Crippen LogP contribution is -2.37. The number of para-hydroxylation sites is 1. The molecule has 7 heteroatoms. The second-order valence-electron chi connectivity index (χ2n) is 5.99. The molecule has 0 spiro atoms. The SMILES string of the molecule is CCOc1ccc(N2CCN(CC(=O)Nc3ccccc3C#N)C2=O)cc1. The minimum Gasteiger partial charge on any atom is -0.494 e. The highest BCUT2D eigenvalue weighted by Crippen LogP contribution is 2.23. The van der Waals surface area contributed by atoms with Crippen LogP contribution in [0.3, 0.4) is 0 Å². The summed E-state index contributed by atoms with van der Waals surface area (Å²) in [4.78, 5) is 28.0. The first-order valence-corrected chi connectivity index (χ1v) is 8.70. The minimum atomic E-state index is -0.334. The quantitative estimate of drug-likeness (QED) is 0.854. The van der Waals surface area contributed by atoms with Crippen molar-refractivity contribution in [1.29, 1.82) is 5.26 Å². The van der Waals surface area contributed by atoms with Gasteiger partial charge in [0.25, 0.3) is 0 Å². The van der Waals surface area contributed by atoms with Crippen molar-refractivity contribution in [2.24, 2.45) is 0 Å². The zero-order valence-corrected chi connectivity index (χ0v) is 15.0. The van der Waals surface area contributed by atoms with Gasteiger partial charge in [0.05, 0.1) is 17.9 Å². The smallest absolute Gasteiger partial charge is 0.325 e. The Labute approximate surface area is 157 Å². The van der Waals surface area contributed by atoms with Crippen LogP contribution in [0.4, 0.5) is 16.2 Å². The zero-order chi connectivity index (χ0) is 19.2. The fraction of sp³-hybridized carbons (Fsp3) is 0.250. The third-order valence-corrected chi connectivity index (χ3v) is 4.21. The van der Waals surface area contributed by atoms with Gasteiger partial charge in [0, 0.05) is 18.8 Å². The summed E-state index contributed by atoms with van der Waals surface area (Å²) in [6.45, 7) is 3.40. The van der Waals surface area contributed by atoms with Crippen LogP contribution in [-0.4, -0.2) is 43.1 Å². The topological polar surface area (TPSA) is 85.7 Å². The van der Waals surface area contributed by atoms with Gasteiger partial charge in [0.1, 0.15) is 18.4 Å². The van der Waals surface area contributed by atoms with E-state index in [2.05, 4.69) is 5.32 Å². The number of carbonyl (C=O) groups is 2. The van der Waals surface area contributed by atoms with Crippen LogP contribution in [0.2, 0.25) is 0 Å². The third-order valence-electron chi connectivity index (χ3n) is 4.21. The third kappa shape index (κ3) is 4.18. The first-order chi connectivity index (χ1) is 13.1. The molecule has 1 aliphatic rings. The summed E-state index contributed by atoms with van der Waals surface area (Å²) in [5.74, 6) is 0.417. The molecule has 7 nitrogen and oxygen atoms in total. The molecule has 3 amide bonds. The predicted octanol–water partition coefficient (Wildman–Crippen LogP) is 2.84. The van der Waals surface area contributed by atoms with E-state index in [1.54, 1.807) is 29.2 Å². The highest BCUT2D eigenvalue weighted by molar-refractivity contribution is 5.99. The molecule has 0 unspecified atom stereocenters. The van der Waals surface area contributed by atoms with Crippen LogP contribution < -0.4 is 15.0 Å². The van der Waals surface area contributed by atoms with Crippen molar-refractivity contribution in [2.75, 3.05) is 36.5 Å². The van der Waals surface area contributed by atoms with Crippen LogP contribution in [-0.2, 0) is 4.79 Å². The lowest BCUT2D eigenvalue weighted by atomic mass is 10.2. The Kier molecular flexibility index (Phi) is 5.57. The van der Waals surface area contributed by atoms with Crippen LogP contribution >= 0.6 is 0 Å². The van der Waals surface area contributed by atoms with Gasteiger partial charge in [-0.2, -0.15) is 5.26 Å². The number of nitrogens with zero attached hydrogens (tertiary/aromatic N) is 3. The lowest BCUT2D eigenvalue weighted by Gasteiger charge is -2.19. The maximum Gasteiger partial charge on any atom is 0.325 e. The van der Waals surface area contributed by atoms with Crippen molar-refractivity contribution in [3.05, 3.63) is 54.1 Å². The van der Waals surface area contributed by atoms with Crippen LogP contribution in [0, 0.1) is 11.3 Å². The molecule has 1 N–H and O–H groups in total. The van der Waals surface area contributed by atoms with Crippen LogP contribution in [0.25, 0.3) is 0 Å². The first-order valence-electron chi connectivity index (χ1n) is 8.70. The molecule has 0 saturated carbocycles. The molecule has 1 fully saturated rings. The van der Waals surface area contributed by atoms with Crippen LogP contribution in [0.15, 0.2) is 48.5 Å². The van der Waals surface area contributed by atoms with Gasteiger partial charge in [-0.05, 0) is 43.3 Å². The van der Waals surface area contributed by atoms with E-state index in [4.69, 9.17) is 10.00 Å². The largest absolute Gasteiger partial charge is 0.494 e. The second kappa shape index (κ2) is 8.23. The fourth-order valence-electron chi connectivity index (χ4n) is 2.91. The number of amides is 3. The molecular formula is C20H20N4O3. The number of ether oxygens (including phenoxy) is 1. The first kappa shape index (κ1) is 18.3. The van der Waals surface area contributed by atoms with E-state index in [1.807, 2.05) is 37.3 Å². The number of anilines is 2. The van der Waals surface area contributed by atoms with Crippen LogP contribution in [0.5, 0.6) is 5.75 Å². The summed E-state index contributed by atoms with van der Waals surface area (Å²) >= 11 is 0. The van der Waals surface area contributed by atoms with E-state index in [9.17, 15) is 9.59 Å². The van der Waals surface area contributed by atoms with Crippen molar-refractivity contribution in [1.82, 2.24) is 4.90 Å². The molecule has 0 atom stereocenters. The maximum atomic E-state index is 12.6. The van der Waals surface area contributed by atoms with E-state index in [-0.39, 0.29) is 18.5 Å². The summed E-state index contributed by atoms with van der Waals surface area (Å²) < 4.78 is 5.41. The molecule has 1 saturated heterocycles. The maximum absolute atomic E-state index is 12.6. The molecule has 138 valence electrons. The fourth-order valence-corrected chi connectivity index (χ4v) is 2.91. The van der Waals surface area contributed by atoms with Crippen molar-refractivity contribution in [2.45, 2.75) is 6.92 Å². The highest BCUT2D eigenvalue weighted by Gasteiger charge is 2.30. The Hall–Kier alpha value is -3.53. The summed E-state index contributed by atoms with van der Waals surface area (Å²) in [7, 11) is 0. The molecule has 3 rings (SSSR count). The van der Waals surface area contributed by atoms with Crippen molar-refractivity contribution >= 4 is 23.3 Å². The van der Waals surface area contributed by atoms with Gasteiger partial charge in [-0.1, -0.05) is 12.1 Å². The van der Waals surface area contributed by atoms with Gasteiger partial charge < -0.3 is 15.0 Å². The summed E-state index contributed by atoms with van der Waals surface area (Å²) in [5, 5.41) is 11.8. The summed E-state index contributed by atoms with van der Waals surface area (Å²) in [6.07, 6.45) is 0. The number of nitriles is 1. The van der Waals surface area contributed by atoms with Gasteiger partial charge in [-0.15, -0.1) is 0 Å². The Morgan fingerprint density at radius 2 is 1.93 bits per heavy atom. The lowest BCUT2D eigenvalue weighted by molar-refractivity contribution is -0.116. The van der Waals surface area contributed by atoms with Crippen molar-refractivity contribution in [3.63, 3.8) is 0 Å². The number of nitrogens with one attached hydrogen (secondary N) is 1. The molecule has 1 heterocycles. The predicted molar refractivity (Wildman–Crippen MR) is 102 cm³/mol. The monoisotopic (exact) mass is 364 g/mol. The molecule has 27 heavy (non-hydrogen) atoms.